The van der Waals surface area contributed by atoms with Gasteiger partial charge in [0.05, 0.1) is 6.10 Å². The molecule has 0 saturated heterocycles. The van der Waals surface area contributed by atoms with Gasteiger partial charge in [0, 0.05) is 18.8 Å². The summed E-state index contributed by atoms with van der Waals surface area (Å²) < 4.78 is 5.16. The molecule has 17 heavy (non-hydrogen) atoms. The van der Waals surface area contributed by atoms with E-state index in [1.807, 2.05) is 45.0 Å². The maximum absolute atomic E-state index is 11.7. The topological polar surface area (TPSA) is 55.6 Å². The highest BCUT2D eigenvalue weighted by molar-refractivity contribution is 5.67. The SMILES string of the molecule is CCN(Cc1ccc(N)cc1)C(=O)OC(C)C. The van der Waals surface area contributed by atoms with E-state index in [1.54, 1.807) is 4.90 Å². The summed E-state index contributed by atoms with van der Waals surface area (Å²) in [5, 5.41) is 0. The Morgan fingerprint density at radius 2 is 1.94 bits per heavy atom. The van der Waals surface area contributed by atoms with Crippen molar-refractivity contribution in [1.29, 1.82) is 0 Å². The second-order valence-electron chi connectivity index (χ2n) is 4.19. The zero-order chi connectivity index (χ0) is 12.8. The van der Waals surface area contributed by atoms with Crippen LogP contribution in [0.5, 0.6) is 0 Å². The molecule has 0 aliphatic carbocycles. The fourth-order valence-corrected chi connectivity index (χ4v) is 1.43. The van der Waals surface area contributed by atoms with E-state index in [1.165, 1.54) is 0 Å². The highest BCUT2D eigenvalue weighted by Gasteiger charge is 2.14. The molecule has 1 aromatic rings. The highest BCUT2D eigenvalue weighted by Crippen LogP contribution is 2.10. The third-order valence-electron chi connectivity index (χ3n) is 2.33. The summed E-state index contributed by atoms with van der Waals surface area (Å²) in [7, 11) is 0. The number of carbonyl (C=O) groups is 1. The monoisotopic (exact) mass is 236 g/mol. The predicted octanol–water partition coefficient (Wildman–Crippen LogP) is 2.64. The molecular weight excluding hydrogens is 216 g/mol. The lowest BCUT2D eigenvalue weighted by Gasteiger charge is -2.21. The van der Waals surface area contributed by atoms with Gasteiger partial charge in [-0.15, -0.1) is 0 Å². The molecule has 0 unspecified atom stereocenters. The molecule has 0 saturated carbocycles. The zero-order valence-electron chi connectivity index (χ0n) is 10.6. The van der Waals surface area contributed by atoms with E-state index in [0.29, 0.717) is 13.1 Å². The van der Waals surface area contributed by atoms with Gasteiger partial charge < -0.3 is 15.4 Å². The van der Waals surface area contributed by atoms with Gasteiger partial charge in [-0.2, -0.15) is 0 Å². The first-order valence-corrected chi connectivity index (χ1v) is 5.83. The van der Waals surface area contributed by atoms with Crippen molar-refractivity contribution in [2.24, 2.45) is 0 Å². The number of hydrogen-bond acceptors (Lipinski definition) is 3. The van der Waals surface area contributed by atoms with Crippen molar-refractivity contribution < 1.29 is 9.53 Å². The minimum absolute atomic E-state index is 0.0945. The highest BCUT2D eigenvalue weighted by atomic mass is 16.6. The van der Waals surface area contributed by atoms with Gasteiger partial charge in [0.1, 0.15) is 0 Å². The van der Waals surface area contributed by atoms with Crippen molar-refractivity contribution in [2.75, 3.05) is 12.3 Å². The largest absolute Gasteiger partial charge is 0.447 e. The summed E-state index contributed by atoms with van der Waals surface area (Å²) >= 11 is 0. The van der Waals surface area contributed by atoms with Crippen LogP contribution < -0.4 is 5.73 Å². The van der Waals surface area contributed by atoms with Crippen molar-refractivity contribution in [3.8, 4) is 0 Å². The third kappa shape index (κ3) is 4.34. The Hall–Kier alpha value is -1.71. The normalized spacial score (nSPS) is 10.4. The number of benzene rings is 1. The van der Waals surface area contributed by atoms with Crippen LogP contribution in [0.3, 0.4) is 0 Å². The lowest BCUT2D eigenvalue weighted by molar-refractivity contribution is 0.0762. The maximum atomic E-state index is 11.7. The van der Waals surface area contributed by atoms with Crippen molar-refractivity contribution in [2.45, 2.75) is 33.4 Å². The Balaban J connectivity index is 2.63. The van der Waals surface area contributed by atoms with E-state index in [9.17, 15) is 4.79 Å². The lowest BCUT2D eigenvalue weighted by atomic mass is 10.2. The number of ether oxygens (including phenoxy) is 1. The summed E-state index contributed by atoms with van der Waals surface area (Å²) in [6.45, 7) is 6.78. The van der Waals surface area contributed by atoms with Crippen molar-refractivity contribution in [1.82, 2.24) is 4.90 Å². The first-order valence-electron chi connectivity index (χ1n) is 5.83. The summed E-state index contributed by atoms with van der Waals surface area (Å²) in [4.78, 5) is 13.4. The Kier molecular flexibility index (Phi) is 4.82. The predicted molar refractivity (Wildman–Crippen MR) is 68.6 cm³/mol. The van der Waals surface area contributed by atoms with Crippen LogP contribution in [0.25, 0.3) is 0 Å². The summed E-state index contributed by atoms with van der Waals surface area (Å²) in [6.07, 6.45) is -0.373. The molecule has 1 aromatic carbocycles. The van der Waals surface area contributed by atoms with Gasteiger partial charge in [0.2, 0.25) is 0 Å². The van der Waals surface area contributed by atoms with Gasteiger partial charge >= 0.3 is 6.09 Å². The Morgan fingerprint density at radius 3 is 2.41 bits per heavy atom. The zero-order valence-corrected chi connectivity index (χ0v) is 10.6. The van der Waals surface area contributed by atoms with Gasteiger partial charge in [0.15, 0.2) is 0 Å². The molecule has 0 aromatic heterocycles. The number of nitrogens with zero attached hydrogens (tertiary/aromatic N) is 1. The number of anilines is 1. The number of carbonyl (C=O) groups excluding carboxylic acids is 1. The minimum atomic E-state index is -0.278. The first kappa shape index (κ1) is 13.4. The van der Waals surface area contributed by atoms with E-state index >= 15 is 0 Å². The molecule has 0 radical (unpaired) electrons. The van der Waals surface area contributed by atoms with Gasteiger partial charge in [-0.05, 0) is 38.5 Å². The van der Waals surface area contributed by atoms with Crippen molar-refractivity contribution in [3.63, 3.8) is 0 Å². The van der Waals surface area contributed by atoms with Gasteiger partial charge in [-0.3, -0.25) is 0 Å². The second kappa shape index (κ2) is 6.13. The number of nitrogen functional groups attached to an aromatic ring is 1. The van der Waals surface area contributed by atoms with Crippen molar-refractivity contribution >= 4 is 11.8 Å². The molecule has 0 spiro atoms. The summed E-state index contributed by atoms with van der Waals surface area (Å²) in [5.74, 6) is 0. The molecule has 94 valence electrons. The standard InChI is InChI=1S/C13H20N2O2/c1-4-15(13(16)17-10(2)3)9-11-5-7-12(14)8-6-11/h5-8,10H,4,9,14H2,1-3H3. The smallest absolute Gasteiger partial charge is 0.410 e. The number of rotatable bonds is 4. The second-order valence-corrected chi connectivity index (χ2v) is 4.19. The maximum Gasteiger partial charge on any atom is 0.410 e. The fourth-order valence-electron chi connectivity index (χ4n) is 1.43. The van der Waals surface area contributed by atoms with E-state index in [0.717, 1.165) is 11.3 Å². The van der Waals surface area contributed by atoms with Crippen LogP contribution in [0.4, 0.5) is 10.5 Å². The fraction of sp³-hybridized carbons (Fsp3) is 0.462. The average Bonchev–Trinajstić information content (AvgIpc) is 2.27. The number of nitrogens with two attached hydrogens (primary N) is 1. The molecule has 0 aliphatic heterocycles. The van der Waals surface area contributed by atoms with Crippen LogP contribution in [0.15, 0.2) is 24.3 Å². The van der Waals surface area contributed by atoms with Crippen LogP contribution in [0, 0.1) is 0 Å². The summed E-state index contributed by atoms with van der Waals surface area (Å²) in [5.41, 5.74) is 7.38. The summed E-state index contributed by atoms with van der Waals surface area (Å²) in [6, 6.07) is 7.50. The third-order valence-corrected chi connectivity index (χ3v) is 2.33. The molecule has 4 heteroatoms. The van der Waals surface area contributed by atoms with Gasteiger partial charge in [-0.1, -0.05) is 12.1 Å². The molecule has 0 bridgehead atoms. The number of amides is 1. The quantitative estimate of drug-likeness (QED) is 0.818. The van der Waals surface area contributed by atoms with E-state index in [-0.39, 0.29) is 12.2 Å². The average molecular weight is 236 g/mol. The van der Waals surface area contributed by atoms with Crippen LogP contribution in [-0.2, 0) is 11.3 Å². The molecule has 0 fully saturated rings. The number of hydrogen-bond donors (Lipinski definition) is 1. The van der Waals surface area contributed by atoms with Crippen LogP contribution in [0.2, 0.25) is 0 Å². The van der Waals surface area contributed by atoms with Gasteiger partial charge in [0.25, 0.3) is 0 Å². The first-order chi connectivity index (χ1) is 8.02. The Labute approximate surface area is 102 Å². The molecular formula is C13H20N2O2. The molecule has 1 amide bonds. The van der Waals surface area contributed by atoms with Crippen LogP contribution in [0.1, 0.15) is 26.3 Å². The van der Waals surface area contributed by atoms with Crippen LogP contribution in [-0.4, -0.2) is 23.6 Å². The molecule has 4 nitrogen and oxygen atoms in total. The lowest BCUT2D eigenvalue weighted by Crippen LogP contribution is -2.32. The van der Waals surface area contributed by atoms with E-state index < -0.39 is 0 Å². The van der Waals surface area contributed by atoms with E-state index in [2.05, 4.69) is 0 Å². The van der Waals surface area contributed by atoms with E-state index in [4.69, 9.17) is 10.5 Å². The molecule has 0 heterocycles. The molecule has 2 N–H and O–H groups in total. The Bertz CT molecular complexity index is 360. The molecule has 0 aliphatic rings. The molecule has 1 rings (SSSR count). The Morgan fingerprint density at radius 1 is 1.35 bits per heavy atom. The molecule has 0 atom stereocenters. The van der Waals surface area contributed by atoms with Crippen LogP contribution >= 0.6 is 0 Å². The van der Waals surface area contributed by atoms with Gasteiger partial charge in [-0.25, -0.2) is 4.79 Å². The minimum Gasteiger partial charge on any atom is -0.447 e. The van der Waals surface area contributed by atoms with Crippen molar-refractivity contribution in [3.05, 3.63) is 29.8 Å².